The van der Waals surface area contributed by atoms with E-state index >= 15 is 0 Å². The number of allylic oxidation sites excluding steroid dienone is 6. The number of nitrogens with one attached hydrogen (secondary N) is 2. The molecule has 0 fully saturated rings. The molecule has 50 valence electrons. The van der Waals surface area contributed by atoms with E-state index in [-0.39, 0.29) is 0 Å². The summed E-state index contributed by atoms with van der Waals surface area (Å²) in [5.74, 6) is 0. The molecule has 0 aromatic heterocycles. The highest BCUT2D eigenvalue weighted by Crippen LogP contribution is 2.04. The first-order chi connectivity index (χ1) is 4.84. The minimum Gasteiger partial charge on any atom is -0.309 e. The fourth-order valence-corrected chi connectivity index (χ4v) is 0.732. The number of hydrogen-bond acceptors (Lipinski definition) is 2. The standard InChI is InChI=1S/C8H8N2/c9-6-5-7-3-1-2-4-8(7)10/h1-6,9-10H. The summed E-state index contributed by atoms with van der Waals surface area (Å²) in [5, 5.41) is 14.1. The topological polar surface area (TPSA) is 47.7 Å². The molecule has 0 spiro atoms. The molecule has 0 amide bonds. The summed E-state index contributed by atoms with van der Waals surface area (Å²) in [6.07, 6.45) is 9.97. The third-order valence-electron chi connectivity index (χ3n) is 1.22. The molecule has 0 aromatic carbocycles. The van der Waals surface area contributed by atoms with Gasteiger partial charge in [0.2, 0.25) is 0 Å². The van der Waals surface area contributed by atoms with Crippen LogP contribution in [0.1, 0.15) is 0 Å². The quantitative estimate of drug-likeness (QED) is 0.510. The van der Waals surface area contributed by atoms with Crippen LogP contribution < -0.4 is 0 Å². The van der Waals surface area contributed by atoms with Gasteiger partial charge in [-0.2, -0.15) is 0 Å². The molecule has 2 nitrogen and oxygen atoms in total. The molecule has 0 saturated heterocycles. The third kappa shape index (κ3) is 1.29. The van der Waals surface area contributed by atoms with Crippen molar-refractivity contribution in [1.82, 2.24) is 0 Å². The van der Waals surface area contributed by atoms with Crippen LogP contribution >= 0.6 is 0 Å². The maximum absolute atomic E-state index is 7.34. The molecule has 0 unspecified atom stereocenters. The van der Waals surface area contributed by atoms with E-state index in [4.69, 9.17) is 10.8 Å². The Hall–Kier alpha value is -1.44. The minimum absolute atomic E-state index is 0.464. The fraction of sp³-hybridized carbons (Fsp3) is 0. The van der Waals surface area contributed by atoms with Crippen molar-refractivity contribution in [2.75, 3.05) is 0 Å². The van der Waals surface area contributed by atoms with Gasteiger partial charge in [-0.1, -0.05) is 18.2 Å². The van der Waals surface area contributed by atoms with E-state index in [9.17, 15) is 0 Å². The van der Waals surface area contributed by atoms with Crippen molar-refractivity contribution in [3.8, 4) is 0 Å². The van der Waals surface area contributed by atoms with Gasteiger partial charge in [0.1, 0.15) is 0 Å². The van der Waals surface area contributed by atoms with Gasteiger partial charge in [-0.05, 0) is 12.2 Å². The highest BCUT2D eigenvalue weighted by Gasteiger charge is 1.97. The number of hydrogen-bond donors (Lipinski definition) is 2. The summed E-state index contributed by atoms with van der Waals surface area (Å²) in [5.41, 5.74) is 1.25. The van der Waals surface area contributed by atoms with E-state index in [1.54, 1.807) is 12.2 Å². The van der Waals surface area contributed by atoms with E-state index in [0.29, 0.717) is 5.71 Å². The first kappa shape index (κ1) is 6.68. The van der Waals surface area contributed by atoms with Crippen LogP contribution in [0.4, 0.5) is 0 Å². The molecule has 2 N–H and O–H groups in total. The average molecular weight is 132 g/mol. The molecule has 1 aliphatic carbocycles. The van der Waals surface area contributed by atoms with E-state index < -0.39 is 0 Å². The van der Waals surface area contributed by atoms with Crippen molar-refractivity contribution in [2.24, 2.45) is 0 Å². The van der Waals surface area contributed by atoms with E-state index in [0.717, 1.165) is 5.57 Å². The van der Waals surface area contributed by atoms with Crippen molar-refractivity contribution in [1.29, 1.82) is 10.8 Å². The van der Waals surface area contributed by atoms with Crippen LogP contribution in [0.2, 0.25) is 0 Å². The van der Waals surface area contributed by atoms with Crippen LogP contribution in [0.25, 0.3) is 0 Å². The Labute approximate surface area is 59.6 Å². The fourth-order valence-electron chi connectivity index (χ4n) is 0.732. The predicted molar refractivity (Wildman–Crippen MR) is 42.9 cm³/mol. The molecule has 2 heteroatoms. The first-order valence-corrected chi connectivity index (χ1v) is 2.99. The first-order valence-electron chi connectivity index (χ1n) is 2.99. The minimum atomic E-state index is 0.464. The molecule has 10 heavy (non-hydrogen) atoms. The molecule has 0 aromatic rings. The molecule has 0 aliphatic heterocycles. The lowest BCUT2D eigenvalue weighted by Crippen LogP contribution is -1.97. The second-order valence-corrected chi connectivity index (χ2v) is 1.92. The van der Waals surface area contributed by atoms with Crippen molar-refractivity contribution < 1.29 is 0 Å². The predicted octanol–water partition coefficient (Wildman–Crippen LogP) is 1.71. The summed E-state index contributed by atoms with van der Waals surface area (Å²) in [4.78, 5) is 0. The van der Waals surface area contributed by atoms with Gasteiger partial charge in [0.15, 0.2) is 0 Å². The van der Waals surface area contributed by atoms with Crippen molar-refractivity contribution in [2.45, 2.75) is 0 Å². The maximum atomic E-state index is 7.34. The summed E-state index contributed by atoms with van der Waals surface area (Å²) < 4.78 is 0. The van der Waals surface area contributed by atoms with Gasteiger partial charge in [0, 0.05) is 11.8 Å². The van der Waals surface area contributed by atoms with Crippen LogP contribution in [-0.2, 0) is 0 Å². The molecular weight excluding hydrogens is 124 g/mol. The van der Waals surface area contributed by atoms with Crippen molar-refractivity contribution in [3.63, 3.8) is 0 Å². The van der Waals surface area contributed by atoms with Gasteiger partial charge in [0.05, 0.1) is 5.71 Å². The van der Waals surface area contributed by atoms with Crippen LogP contribution in [0.15, 0.2) is 36.0 Å². The van der Waals surface area contributed by atoms with Gasteiger partial charge in [-0.15, -0.1) is 0 Å². The zero-order valence-corrected chi connectivity index (χ0v) is 5.46. The van der Waals surface area contributed by atoms with Crippen LogP contribution in [0, 0.1) is 10.8 Å². The molecule has 0 radical (unpaired) electrons. The molecule has 0 heterocycles. The van der Waals surface area contributed by atoms with Crippen LogP contribution in [0.5, 0.6) is 0 Å². The van der Waals surface area contributed by atoms with Gasteiger partial charge in [-0.3, -0.25) is 0 Å². The van der Waals surface area contributed by atoms with Crippen molar-refractivity contribution in [3.05, 3.63) is 36.0 Å². The summed E-state index contributed by atoms with van der Waals surface area (Å²) in [6.45, 7) is 0. The molecule has 0 bridgehead atoms. The second kappa shape index (κ2) is 2.92. The zero-order valence-electron chi connectivity index (χ0n) is 5.46. The highest BCUT2D eigenvalue weighted by atomic mass is 14.4. The molecule has 1 rings (SSSR count). The molecule has 0 saturated carbocycles. The zero-order chi connectivity index (χ0) is 7.40. The van der Waals surface area contributed by atoms with Crippen LogP contribution in [-0.4, -0.2) is 11.9 Å². The number of rotatable bonds is 1. The Balaban J connectivity index is 2.90. The smallest absolute Gasteiger partial charge is 0.0612 e. The summed E-state index contributed by atoms with van der Waals surface area (Å²) in [7, 11) is 0. The summed E-state index contributed by atoms with van der Waals surface area (Å²) in [6, 6.07) is 0. The van der Waals surface area contributed by atoms with Crippen LogP contribution in [0.3, 0.4) is 0 Å². The molecule has 1 aliphatic rings. The lowest BCUT2D eigenvalue weighted by Gasteiger charge is -2.00. The Morgan fingerprint density at radius 1 is 1.20 bits per heavy atom. The van der Waals surface area contributed by atoms with E-state index in [2.05, 4.69) is 0 Å². The molecule has 0 atom stereocenters. The normalized spacial score (nSPS) is 20.0. The Morgan fingerprint density at radius 3 is 2.50 bits per heavy atom. The monoisotopic (exact) mass is 132 g/mol. The largest absolute Gasteiger partial charge is 0.309 e. The van der Waals surface area contributed by atoms with Gasteiger partial charge in [-0.25, -0.2) is 0 Å². The lowest BCUT2D eigenvalue weighted by atomic mass is 10.1. The summed E-state index contributed by atoms with van der Waals surface area (Å²) >= 11 is 0. The third-order valence-corrected chi connectivity index (χ3v) is 1.22. The van der Waals surface area contributed by atoms with Gasteiger partial charge in [0.25, 0.3) is 0 Å². The lowest BCUT2D eigenvalue weighted by molar-refractivity contribution is 1.49. The van der Waals surface area contributed by atoms with Crippen molar-refractivity contribution >= 4 is 11.9 Å². The van der Waals surface area contributed by atoms with E-state index in [1.807, 2.05) is 18.2 Å². The van der Waals surface area contributed by atoms with Gasteiger partial charge >= 0.3 is 0 Å². The second-order valence-electron chi connectivity index (χ2n) is 1.92. The highest BCUT2D eigenvalue weighted by molar-refractivity contribution is 6.11. The SMILES string of the molecule is N=CC=C1C=CC=CC1=N. The van der Waals surface area contributed by atoms with Gasteiger partial charge < -0.3 is 10.8 Å². The Morgan fingerprint density at radius 2 is 1.90 bits per heavy atom. The maximum Gasteiger partial charge on any atom is 0.0612 e. The molecular formula is C8H8N2. The Kier molecular flexibility index (Phi) is 1.95. The van der Waals surface area contributed by atoms with E-state index in [1.165, 1.54) is 6.21 Å². The Bertz CT molecular complexity index is 244. The average Bonchev–Trinajstić information content (AvgIpc) is 1.94.